The van der Waals surface area contributed by atoms with Gasteiger partial charge in [0.2, 0.25) is 0 Å². The first-order valence-electron chi connectivity index (χ1n) is 6.00. The van der Waals surface area contributed by atoms with E-state index in [1.54, 1.807) is 30.3 Å². The van der Waals surface area contributed by atoms with Gasteiger partial charge in [-0.25, -0.2) is 4.79 Å². The summed E-state index contributed by atoms with van der Waals surface area (Å²) in [5, 5.41) is 0. The molecule has 0 aliphatic heterocycles. The minimum atomic E-state index is -0.336. The molecular weight excluding hydrogens is 256 g/mol. The van der Waals surface area contributed by atoms with Gasteiger partial charge in [-0.05, 0) is 12.0 Å². The molecule has 1 aromatic rings. The highest BCUT2D eigenvalue weighted by Crippen LogP contribution is 2.37. The molecule has 0 saturated heterocycles. The number of carbonyl (C=O) groups excluding carboxylic acids is 3. The second-order valence-electron chi connectivity index (χ2n) is 4.52. The van der Waals surface area contributed by atoms with Crippen LogP contribution in [0, 0.1) is 0 Å². The molecule has 0 spiro atoms. The number of ether oxygens (including phenoxy) is 1. The van der Waals surface area contributed by atoms with Crippen LogP contribution in [0.15, 0.2) is 59.4 Å². The van der Waals surface area contributed by atoms with Crippen molar-refractivity contribution in [1.82, 2.24) is 0 Å². The number of fused-ring (bicyclic) bond motifs is 2. The van der Waals surface area contributed by atoms with Crippen molar-refractivity contribution in [1.29, 1.82) is 0 Å². The van der Waals surface area contributed by atoms with E-state index in [0.717, 1.165) is 0 Å². The third-order valence-electron chi connectivity index (χ3n) is 3.40. The number of hydrogen-bond acceptors (Lipinski definition) is 4. The van der Waals surface area contributed by atoms with Crippen LogP contribution in [-0.2, 0) is 9.53 Å². The maximum absolute atomic E-state index is 12.5. The lowest BCUT2D eigenvalue weighted by Gasteiger charge is -2.25. The number of Topliss-reactive ketones (excluding diaryl/α,β-unsaturated/α-hetero) is 2. The topological polar surface area (TPSA) is 60.4 Å². The van der Waals surface area contributed by atoms with Gasteiger partial charge in [0.05, 0.1) is 5.57 Å². The summed E-state index contributed by atoms with van der Waals surface area (Å²) in [5.74, 6) is -0.530. The van der Waals surface area contributed by atoms with E-state index in [4.69, 9.17) is 4.74 Å². The number of benzene rings is 1. The summed E-state index contributed by atoms with van der Waals surface area (Å²) in [5.41, 5.74) is 1.54. The molecule has 0 aromatic heterocycles. The molecule has 4 nitrogen and oxygen atoms in total. The highest BCUT2D eigenvalue weighted by atomic mass is 16.5. The van der Waals surface area contributed by atoms with Crippen molar-refractivity contribution < 1.29 is 19.1 Å². The van der Waals surface area contributed by atoms with E-state index < -0.39 is 0 Å². The van der Waals surface area contributed by atoms with Crippen molar-refractivity contribution in [3.05, 3.63) is 70.5 Å². The molecule has 1 radical (unpaired) electrons. The van der Waals surface area contributed by atoms with Crippen molar-refractivity contribution in [2.24, 2.45) is 0 Å². The molecule has 4 heteroatoms. The Morgan fingerprint density at radius 1 is 1.10 bits per heavy atom. The largest absolute Gasteiger partial charge is 0.423 e. The predicted octanol–water partition coefficient (Wildman–Crippen LogP) is 2.29. The minimum absolute atomic E-state index is 0.0466. The van der Waals surface area contributed by atoms with Crippen LogP contribution >= 0.6 is 0 Å². The Bertz CT molecular complexity index is 735. The van der Waals surface area contributed by atoms with Crippen LogP contribution in [0.2, 0.25) is 0 Å². The molecule has 0 unspecified atom stereocenters. The van der Waals surface area contributed by atoms with Crippen LogP contribution < -0.4 is 0 Å². The molecular formula is C16H9O4. The average molecular weight is 265 g/mol. The monoisotopic (exact) mass is 265 g/mol. The summed E-state index contributed by atoms with van der Waals surface area (Å²) >= 11 is 0. The van der Waals surface area contributed by atoms with Gasteiger partial charge in [-0.3, -0.25) is 9.59 Å². The Hall–Kier alpha value is -2.75. The quantitative estimate of drug-likeness (QED) is 0.823. The highest BCUT2D eigenvalue weighted by molar-refractivity contribution is 6.31. The number of hydrogen-bond donors (Lipinski definition) is 0. The van der Waals surface area contributed by atoms with Gasteiger partial charge in [0.1, 0.15) is 5.76 Å². The third-order valence-corrected chi connectivity index (χ3v) is 3.40. The Labute approximate surface area is 115 Å². The van der Waals surface area contributed by atoms with Crippen molar-refractivity contribution >= 4 is 18.0 Å². The van der Waals surface area contributed by atoms with E-state index in [1.165, 1.54) is 6.47 Å². The smallest absolute Gasteiger partial charge is 0.417 e. The number of rotatable bonds is 2. The molecule has 0 saturated carbocycles. The van der Waals surface area contributed by atoms with E-state index in [0.29, 0.717) is 23.1 Å². The molecule has 0 bridgehead atoms. The van der Waals surface area contributed by atoms with Gasteiger partial charge in [-0.2, -0.15) is 0 Å². The van der Waals surface area contributed by atoms with Gasteiger partial charge in [0.15, 0.2) is 11.6 Å². The van der Waals surface area contributed by atoms with Crippen molar-refractivity contribution in [3.8, 4) is 0 Å². The molecule has 97 valence electrons. The number of allylic oxidation sites excluding steroid dienone is 4. The molecule has 0 N–H and O–H groups in total. The summed E-state index contributed by atoms with van der Waals surface area (Å²) in [4.78, 5) is 35.4. The second kappa shape index (κ2) is 4.42. The molecule has 20 heavy (non-hydrogen) atoms. The van der Waals surface area contributed by atoms with E-state index in [-0.39, 0.29) is 28.5 Å². The lowest BCUT2D eigenvalue weighted by atomic mass is 9.78. The lowest BCUT2D eigenvalue weighted by molar-refractivity contribution is 0.0967. The number of ketones is 2. The van der Waals surface area contributed by atoms with Gasteiger partial charge >= 0.3 is 6.47 Å². The van der Waals surface area contributed by atoms with Gasteiger partial charge in [0, 0.05) is 16.7 Å². The number of carbonyl (C=O) groups is 2. The summed E-state index contributed by atoms with van der Waals surface area (Å²) < 4.78 is 4.76. The van der Waals surface area contributed by atoms with Gasteiger partial charge in [-0.1, -0.05) is 36.9 Å². The fourth-order valence-corrected chi connectivity index (χ4v) is 2.47. The standard InChI is InChI=1S/C16H9O4/c1-9-6-7-12-13(16(9)20-8-17)15(19)11-5-3-2-4-10(11)14(12)18/h2-5,7H,1,6H2. The zero-order valence-electron chi connectivity index (χ0n) is 10.4. The van der Waals surface area contributed by atoms with E-state index in [1.807, 2.05) is 0 Å². The Morgan fingerprint density at radius 3 is 2.40 bits per heavy atom. The van der Waals surface area contributed by atoms with Crippen LogP contribution in [0.5, 0.6) is 0 Å². The highest BCUT2D eigenvalue weighted by Gasteiger charge is 2.37. The zero-order valence-corrected chi connectivity index (χ0v) is 10.4. The minimum Gasteiger partial charge on any atom is -0.417 e. The molecule has 0 atom stereocenters. The summed E-state index contributed by atoms with van der Waals surface area (Å²) in [6, 6.07) is 6.59. The summed E-state index contributed by atoms with van der Waals surface area (Å²) in [6.45, 7) is 5.05. The van der Waals surface area contributed by atoms with Crippen LogP contribution in [-0.4, -0.2) is 18.0 Å². The van der Waals surface area contributed by atoms with Crippen molar-refractivity contribution in [3.63, 3.8) is 0 Å². The Balaban J connectivity index is 2.30. The first-order chi connectivity index (χ1) is 9.65. The first kappa shape index (κ1) is 12.3. The van der Waals surface area contributed by atoms with Crippen LogP contribution in [0.1, 0.15) is 27.1 Å². The maximum Gasteiger partial charge on any atom is 0.423 e. The second-order valence-corrected chi connectivity index (χ2v) is 4.52. The van der Waals surface area contributed by atoms with E-state index in [9.17, 15) is 14.4 Å². The predicted molar refractivity (Wildman–Crippen MR) is 70.7 cm³/mol. The molecule has 0 heterocycles. The van der Waals surface area contributed by atoms with Crippen molar-refractivity contribution in [2.45, 2.75) is 6.42 Å². The van der Waals surface area contributed by atoms with Crippen LogP contribution in [0.25, 0.3) is 0 Å². The molecule has 1 aromatic carbocycles. The van der Waals surface area contributed by atoms with Gasteiger partial charge in [-0.15, -0.1) is 0 Å². The molecule has 0 fully saturated rings. The Morgan fingerprint density at radius 2 is 1.75 bits per heavy atom. The molecule has 3 rings (SSSR count). The first-order valence-corrected chi connectivity index (χ1v) is 6.00. The van der Waals surface area contributed by atoms with Gasteiger partial charge < -0.3 is 4.74 Å². The average Bonchev–Trinajstić information content (AvgIpc) is 2.47. The third kappa shape index (κ3) is 1.58. The van der Waals surface area contributed by atoms with Crippen LogP contribution in [0.3, 0.4) is 0 Å². The molecule has 2 aliphatic rings. The normalized spacial score (nSPS) is 17.4. The van der Waals surface area contributed by atoms with E-state index in [2.05, 4.69) is 6.58 Å². The lowest BCUT2D eigenvalue weighted by Crippen LogP contribution is -2.26. The summed E-state index contributed by atoms with van der Waals surface area (Å²) in [6.07, 6.45) is 2.00. The summed E-state index contributed by atoms with van der Waals surface area (Å²) in [7, 11) is 0. The van der Waals surface area contributed by atoms with Gasteiger partial charge in [0.25, 0.3) is 0 Å². The Kier molecular flexibility index (Phi) is 2.71. The fourth-order valence-electron chi connectivity index (χ4n) is 2.47. The van der Waals surface area contributed by atoms with Crippen molar-refractivity contribution in [2.75, 3.05) is 0 Å². The SMILES string of the molecule is C=C1CC=C2C(=O)c3ccccc3C(=O)C2=C1O[C]=O. The van der Waals surface area contributed by atoms with E-state index >= 15 is 0 Å². The maximum atomic E-state index is 12.5. The molecule has 2 aliphatic carbocycles. The zero-order chi connectivity index (χ0) is 14.3. The molecule has 0 amide bonds. The fraction of sp³-hybridized carbons (Fsp3) is 0.0625. The van der Waals surface area contributed by atoms with Crippen LogP contribution in [0.4, 0.5) is 0 Å².